The summed E-state index contributed by atoms with van der Waals surface area (Å²) in [6.07, 6.45) is 2.69. The summed E-state index contributed by atoms with van der Waals surface area (Å²) in [4.78, 5) is 0. The highest BCUT2D eigenvalue weighted by Gasteiger charge is 2.36. The summed E-state index contributed by atoms with van der Waals surface area (Å²) in [6.45, 7) is 4.23. The Kier molecular flexibility index (Phi) is 3.24. The van der Waals surface area contributed by atoms with Crippen LogP contribution in [-0.2, 0) is 6.54 Å². The molecule has 0 atom stereocenters. The molecule has 0 saturated heterocycles. The third-order valence-corrected chi connectivity index (χ3v) is 3.34. The highest BCUT2D eigenvalue weighted by molar-refractivity contribution is 6.34. The SMILES string of the molecule is CC1(CNCc2cc(Cl)cc(Cl)c2)CC1. The highest BCUT2D eigenvalue weighted by Crippen LogP contribution is 2.44. The number of rotatable bonds is 4. The van der Waals surface area contributed by atoms with Crippen LogP contribution < -0.4 is 5.32 Å². The van der Waals surface area contributed by atoms with Gasteiger partial charge in [-0.3, -0.25) is 0 Å². The summed E-state index contributed by atoms with van der Waals surface area (Å²) in [7, 11) is 0. The van der Waals surface area contributed by atoms with Gasteiger partial charge in [0, 0.05) is 23.1 Å². The Morgan fingerprint density at radius 1 is 1.20 bits per heavy atom. The molecule has 2 rings (SSSR count). The van der Waals surface area contributed by atoms with Crippen LogP contribution in [0.1, 0.15) is 25.3 Å². The van der Waals surface area contributed by atoms with Gasteiger partial charge in [-0.1, -0.05) is 30.1 Å². The molecule has 82 valence electrons. The van der Waals surface area contributed by atoms with E-state index in [4.69, 9.17) is 23.2 Å². The summed E-state index contributed by atoms with van der Waals surface area (Å²) >= 11 is 11.8. The lowest BCUT2D eigenvalue weighted by molar-refractivity contribution is 0.499. The van der Waals surface area contributed by atoms with Gasteiger partial charge in [-0.2, -0.15) is 0 Å². The molecule has 1 aliphatic carbocycles. The standard InChI is InChI=1S/C12H15Cl2N/c1-12(2-3-12)8-15-7-9-4-10(13)6-11(14)5-9/h4-6,15H,2-3,7-8H2,1H3. The van der Waals surface area contributed by atoms with E-state index in [1.54, 1.807) is 6.07 Å². The van der Waals surface area contributed by atoms with E-state index in [0.29, 0.717) is 15.5 Å². The molecule has 1 fully saturated rings. The maximum atomic E-state index is 5.92. The van der Waals surface area contributed by atoms with E-state index < -0.39 is 0 Å². The summed E-state index contributed by atoms with van der Waals surface area (Å²) in [5, 5.41) is 4.85. The van der Waals surface area contributed by atoms with Gasteiger partial charge in [0.25, 0.3) is 0 Å². The molecule has 1 N–H and O–H groups in total. The molecule has 0 amide bonds. The van der Waals surface area contributed by atoms with Crippen molar-refractivity contribution < 1.29 is 0 Å². The van der Waals surface area contributed by atoms with Crippen LogP contribution in [0.5, 0.6) is 0 Å². The van der Waals surface area contributed by atoms with Crippen molar-refractivity contribution >= 4 is 23.2 Å². The molecule has 0 unspecified atom stereocenters. The fourth-order valence-corrected chi connectivity index (χ4v) is 2.18. The fraction of sp³-hybridized carbons (Fsp3) is 0.500. The van der Waals surface area contributed by atoms with Gasteiger partial charge >= 0.3 is 0 Å². The second kappa shape index (κ2) is 4.32. The maximum Gasteiger partial charge on any atom is 0.0424 e. The molecule has 1 nitrogen and oxygen atoms in total. The lowest BCUT2D eigenvalue weighted by Crippen LogP contribution is -2.21. The van der Waals surface area contributed by atoms with Crippen molar-refractivity contribution in [3.8, 4) is 0 Å². The van der Waals surface area contributed by atoms with Gasteiger partial charge in [-0.25, -0.2) is 0 Å². The third kappa shape index (κ3) is 3.37. The lowest BCUT2D eigenvalue weighted by Gasteiger charge is -2.10. The Balaban J connectivity index is 1.87. The van der Waals surface area contributed by atoms with E-state index in [-0.39, 0.29) is 0 Å². The second-order valence-electron chi connectivity index (χ2n) is 4.69. The molecule has 3 heteroatoms. The molecule has 1 aromatic carbocycles. The number of hydrogen-bond donors (Lipinski definition) is 1. The van der Waals surface area contributed by atoms with Crippen LogP contribution in [0.4, 0.5) is 0 Å². The third-order valence-electron chi connectivity index (χ3n) is 2.91. The molecule has 1 saturated carbocycles. The molecule has 15 heavy (non-hydrogen) atoms. The molecule has 1 aliphatic rings. The van der Waals surface area contributed by atoms with E-state index >= 15 is 0 Å². The van der Waals surface area contributed by atoms with Crippen molar-refractivity contribution in [2.75, 3.05) is 6.54 Å². The second-order valence-corrected chi connectivity index (χ2v) is 5.56. The van der Waals surface area contributed by atoms with Crippen molar-refractivity contribution in [3.05, 3.63) is 33.8 Å². The molecule has 1 aromatic rings. The number of hydrogen-bond acceptors (Lipinski definition) is 1. The van der Waals surface area contributed by atoms with E-state index in [0.717, 1.165) is 18.7 Å². The molecule has 0 radical (unpaired) electrons. The van der Waals surface area contributed by atoms with E-state index in [1.807, 2.05) is 12.1 Å². The van der Waals surface area contributed by atoms with Gasteiger partial charge in [-0.15, -0.1) is 0 Å². The van der Waals surface area contributed by atoms with Gasteiger partial charge in [0.1, 0.15) is 0 Å². The van der Waals surface area contributed by atoms with Gasteiger partial charge in [0.05, 0.1) is 0 Å². The largest absolute Gasteiger partial charge is 0.312 e. The average Bonchev–Trinajstić information content (AvgIpc) is 2.82. The van der Waals surface area contributed by atoms with Crippen LogP contribution in [0.15, 0.2) is 18.2 Å². The van der Waals surface area contributed by atoms with Crippen LogP contribution in [-0.4, -0.2) is 6.54 Å². The van der Waals surface area contributed by atoms with E-state index in [9.17, 15) is 0 Å². The normalized spacial score (nSPS) is 17.8. The van der Waals surface area contributed by atoms with Crippen LogP contribution in [0.2, 0.25) is 10.0 Å². The first-order valence-corrected chi connectivity index (χ1v) is 5.99. The monoisotopic (exact) mass is 243 g/mol. The Bertz CT molecular complexity index is 338. The van der Waals surface area contributed by atoms with Crippen molar-refractivity contribution in [2.24, 2.45) is 5.41 Å². The number of halogens is 2. The molecular weight excluding hydrogens is 229 g/mol. The molecule has 0 bridgehead atoms. The Morgan fingerprint density at radius 3 is 2.33 bits per heavy atom. The smallest absolute Gasteiger partial charge is 0.0424 e. The summed E-state index contributed by atoms with van der Waals surface area (Å²) in [6, 6.07) is 5.67. The number of nitrogens with one attached hydrogen (secondary N) is 1. The molecule has 0 spiro atoms. The minimum Gasteiger partial charge on any atom is -0.312 e. The fourth-order valence-electron chi connectivity index (χ4n) is 1.61. The first-order chi connectivity index (χ1) is 7.07. The lowest BCUT2D eigenvalue weighted by atomic mass is 10.1. The molecule has 0 aliphatic heterocycles. The van der Waals surface area contributed by atoms with Gasteiger partial charge < -0.3 is 5.32 Å². The number of benzene rings is 1. The predicted molar refractivity (Wildman–Crippen MR) is 65.5 cm³/mol. The van der Waals surface area contributed by atoms with Crippen LogP contribution in [0.3, 0.4) is 0 Å². The van der Waals surface area contributed by atoms with Gasteiger partial charge in [0.2, 0.25) is 0 Å². The average molecular weight is 244 g/mol. The Morgan fingerprint density at radius 2 is 1.80 bits per heavy atom. The van der Waals surface area contributed by atoms with Gasteiger partial charge in [0.15, 0.2) is 0 Å². The predicted octanol–water partition coefficient (Wildman–Crippen LogP) is 3.88. The zero-order valence-corrected chi connectivity index (χ0v) is 10.3. The van der Waals surface area contributed by atoms with Gasteiger partial charge in [-0.05, 0) is 42.0 Å². The Labute approximate surface area is 101 Å². The topological polar surface area (TPSA) is 12.0 Å². The first-order valence-electron chi connectivity index (χ1n) is 5.23. The maximum absolute atomic E-state index is 5.92. The van der Waals surface area contributed by atoms with Crippen molar-refractivity contribution in [2.45, 2.75) is 26.3 Å². The summed E-state index contributed by atoms with van der Waals surface area (Å²) in [5.41, 5.74) is 1.69. The van der Waals surface area contributed by atoms with Crippen LogP contribution >= 0.6 is 23.2 Å². The quantitative estimate of drug-likeness (QED) is 0.847. The van der Waals surface area contributed by atoms with E-state index in [1.165, 1.54) is 12.8 Å². The first kappa shape index (κ1) is 11.3. The minimum atomic E-state index is 0.544. The summed E-state index contributed by atoms with van der Waals surface area (Å²) in [5.74, 6) is 0. The molecule has 0 heterocycles. The molecule has 0 aromatic heterocycles. The Hall–Kier alpha value is -0.240. The van der Waals surface area contributed by atoms with Crippen LogP contribution in [0, 0.1) is 5.41 Å². The highest BCUT2D eigenvalue weighted by atomic mass is 35.5. The molecular formula is C12H15Cl2N. The van der Waals surface area contributed by atoms with Crippen molar-refractivity contribution in [1.29, 1.82) is 0 Å². The van der Waals surface area contributed by atoms with Crippen LogP contribution in [0.25, 0.3) is 0 Å². The van der Waals surface area contributed by atoms with Crippen molar-refractivity contribution in [3.63, 3.8) is 0 Å². The zero-order valence-electron chi connectivity index (χ0n) is 8.82. The zero-order chi connectivity index (χ0) is 10.9. The summed E-state index contributed by atoms with van der Waals surface area (Å²) < 4.78 is 0. The van der Waals surface area contributed by atoms with E-state index in [2.05, 4.69) is 12.2 Å². The minimum absolute atomic E-state index is 0.544. The van der Waals surface area contributed by atoms with Crippen molar-refractivity contribution in [1.82, 2.24) is 5.32 Å².